The summed E-state index contributed by atoms with van der Waals surface area (Å²) in [5, 5.41) is 12.3. The summed E-state index contributed by atoms with van der Waals surface area (Å²) in [7, 11) is 0. The lowest BCUT2D eigenvalue weighted by Crippen LogP contribution is -2.28. The zero-order valence-corrected chi connectivity index (χ0v) is 17.6. The first-order chi connectivity index (χ1) is 14.1. The van der Waals surface area contributed by atoms with E-state index in [1.807, 2.05) is 47.9 Å². The number of nitrogens with one attached hydrogen (secondary N) is 1. The van der Waals surface area contributed by atoms with Crippen LogP contribution in [-0.2, 0) is 4.79 Å². The Balaban J connectivity index is 1.88. The van der Waals surface area contributed by atoms with Crippen molar-refractivity contribution < 1.29 is 9.53 Å². The van der Waals surface area contributed by atoms with Crippen LogP contribution in [0.1, 0.15) is 20.8 Å². The Hall–Kier alpha value is -2.87. The molecule has 2 aromatic heterocycles. The smallest absolute Gasteiger partial charge is 0.230 e. The van der Waals surface area contributed by atoms with Crippen LogP contribution in [0.15, 0.2) is 53.9 Å². The van der Waals surface area contributed by atoms with Gasteiger partial charge in [0.05, 0.1) is 12.4 Å². The average molecular weight is 412 g/mol. The molecule has 0 aliphatic heterocycles. The number of rotatable bonds is 9. The standard InChI is InChI=1S/C21H25N5O2S/c1-4-28-18-7-5-17(6-8-18)26-20(16-9-11-22-12-10-16)24-25-21(26)29-14-19(27)23-13-15(2)3/h5-12,15H,4,13-14H2,1-3H3,(H,23,27). The lowest BCUT2D eigenvalue weighted by molar-refractivity contribution is -0.118. The highest BCUT2D eigenvalue weighted by molar-refractivity contribution is 7.99. The second-order valence-electron chi connectivity index (χ2n) is 6.79. The minimum absolute atomic E-state index is 0.0181. The normalized spacial score (nSPS) is 10.9. The summed E-state index contributed by atoms with van der Waals surface area (Å²) in [4.78, 5) is 16.2. The number of pyridine rings is 1. The van der Waals surface area contributed by atoms with Crippen LogP contribution in [0.25, 0.3) is 17.1 Å². The molecular weight excluding hydrogens is 386 g/mol. The number of aromatic nitrogens is 4. The van der Waals surface area contributed by atoms with E-state index in [4.69, 9.17) is 4.74 Å². The minimum atomic E-state index is -0.0181. The lowest BCUT2D eigenvalue weighted by Gasteiger charge is -2.12. The zero-order chi connectivity index (χ0) is 20.6. The van der Waals surface area contributed by atoms with E-state index in [2.05, 4.69) is 34.3 Å². The summed E-state index contributed by atoms with van der Waals surface area (Å²) in [5.41, 5.74) is 1.80. The molecule has 0 aliphatic rings. The van der Waals surface area contributed by atoms with Crippen molar-refractivity contribution in [3.05, 3.63) is 48.8 Å². The molecule has 3 rings (SSSR count). The molecule has 8 heteroatoms. The van der Waals surface area contributed by atoms with E-state index in [1.54, 1.807) is 12.4 Å². The van der Waals surface area contributed by atoms with E-state index in [0.29, 0.717) is 30.1 Å². The Bertz CT molecular complexity index is 926. The molecule has 29 heavy (non-hydrogen) atoms. The Morgan fingerprint density at radius 1 is 1.14 bits per heavy atom. The molecule has 1 amide bonds. The van der Waals surface area contributed by atoms with Crippen molar-refractivity contribution in [2.24, 2.45) is 5.92 Å². The second kappa shape index (κ2) is 10.1. The van der Waals surface area contributed by atoms with Crippen LogP contribution in [0, 0.1) is 5.92 Å². The van der Waals surface area contributed by atoms with Gasteiger partial charge < -0.3 is 10.1 Å². The molecule has 0 spiro atoms. The van der Waals surface area contributed by atoms with Crippen LogP contribution in [0.3, 0.4) is 0 Å². The van der Waals surface area contributed by atoms with Crippen molar-refractivity contribution in [1.29, 1.82) is 0 Å². The van der Waals surface area contributed by atoms with Crippen LogP contribution in [0.4, 0.5) is 0 Å². The first-order valence-electron chi connectivity index (χ1n) is 9.57. The minimum Gasteiger partial charge on any atom is -0.494 e. The molecule has 0 bridgehead atoms. The quantitative estimate of drug-likeness (QED) is 0.542. The van der Waals surface area contributed by atoms with E-state index >= 15 is 0 Å². The Morgan fingerprint density at radius 2 is 1.86 bits per heavy atom. The van der Waals surface area contributed by atoms with Gasteiger partial charge in [0.2, 0.25) is 5.91 Å². The molecule has 2 heterocycles. The van der Waals surface area contributed by atoms with E-state index in [9.17, 15) is 4.79 Å². The van der Waals surface area contributed by atoms with Crippen molar-refractivity contribution in [2.75, 3.05) is 18.9 Å². The topological polar surface area (TPSA) is 81.9 Å². The van der Waals surface area contributed by atoms with Gasteiger partial charge in [-0.05, 0) is 49.2 Å². The molecule has 0 radical (unpaired) electrons. The predicted octanol–water partition coefficient (Wildman–Crippen LogP) is 3.59. The summed E-state index contributed by atoms with van der Waals surface area (Å²) in [6.07, 6.45) is 3.44. The molecule has 3 aromatic rings. The number of carbonyl (C=O) groups is 1. The van der Waals surface area contributed by atoms with Gasteiger partial charge in [0, 0.05) is 30.2 Å². The zero-order valence-electron chi connectivity index (χ0n) is 16.8. The summed E-state index contributed by atoms with van der Waals surface area (Å²) in [6.45, 7) is 7.36. The summed E-state index contributed by atoms with van der Waals surface area (Å²) in [5.74, 6) is 2.17. The van der Waals surface area contributed by atoms with Gasteiger partial charge in [-0.15, -0.1) is 10.2 Å². The summed E-state index contributed by atoms with van der Waals surface area (Å²) < 4.78 is 7.49. The van der Waals surface area contributed by atoms with Crippen LogP contribution < -0.4 is 10.1 Å². The van der Waals surface area contributed by atoms with Crippen LogP contribution in [0.5, 0.6) is 5.75 Å². The van der Waals surface area contributed by atoms with Gasteiger partial charge in [-0.3, -0.25) is 14.3 Å². The van der Waals surface area contributed by atoms with E-state index in [1.165, 1.54) is 11.8 Å². The van der Waals surface area contributed by atoms with Gasteiger partial charge in [0.1, 0.15) is 5.75 Å². The Morgan fingerprint density at radius 3 is 2.52 bits per heavy atom. The molecule has 0 aliphatic carbocycles. The summed E-state index contributed by atoms with van der Waals surface area (Å²) >= 11 is 1.36. The SMILES string of the molecule is CCOc1ccc(-n2c(SCC(=O)NCC(C)C)nnc2-c2ccncc2)cc1. The molecule has 152 valence electrons. The first kappa shape index (κ1) is 20.9. The maximum Gasteiger partial charge on any atom is 0.230 e. The highest BCUT2D eigenvalue weighted by Gasteiger charge is 2.17. The largest absolute Gasteiger partial charge is 0.494 e. The monoisotopic (exact) mass is 411 g/mol. The molecule has 1 aromatic carbocycles. The fraction of sp³-hybridized carbons (Fsp3) is 0.333. The number of ether oxygens (including phenoxy) is 1. The third-order valence-electron chi connectivity index (χ3n) is 4.02. The first-order valence-corrected chi connectivity index (χ1v) is 10.6. The predicted molar refractivity (Wildman–Crippen MR) is 114 cm³/mol. The van der Waals surface area contributed by atoms with Crippen molar-refractivity contribution in [3.8, 4) is 22.8 Å². The van der Waals surface area contributed by atoms with Gasteiger partial charge in [-0.1, -0.05) is 25.6 Å². The van der Waals surface area contributed by atoms with Crippen molar-refractivity contribution in [2.45, 2.75) is 25.9 Å². The number of hydrogen-bond donors (Lipinski definition) is 1. The van der Waals surface area contributed by atoms with Gasteiger partial charge in [0.25, 0.3) is 0 Å². The fourth-order valence-electron chi connectivity index (χ4n) is 2.64. The van der Waals surface area contributed by atoms with Gasteiger partial charge in [-0.25, -0.2) is 0 Å². The fourth-order valence-corrected chi connectivity index (χ4v) is 3.42. The highest BCUT2D eigenvalue weighted by Crippen LogP contribution is 2.28. The molecule has 0 unspecified atom stereocenters. The van der Waals surface area contributed by atoms with E-state index < -0.39 is 0 Å². The van der Waals surface area contributed by atoms with Gasteiger partial charge in [-0.2, -0.15) is 0 Å². The van der Waals surface area contributed by atoms with Crippen LogP contribution >= 0.6 is 11.8 Å². The second-order valence-corrected chi connectivity index (χ2v) is 7.73. The number of hydrogen-bond acceptors (Lipinski definition) is 6. The highest BCUT2D eigenvalue weighted by atomic mass is 32.2. The van der Waals surface area contributed by atoms with E-state index in [0.717, 1.165) is 17.0 Å². The third kappa shape index (κ3) is 5.57. The molecule has 0 saturated heterocycles. The lowest BCUT2D eigenvalue weighted by atomic mass is 10.2. The van der Waals surface area contributed by atoms with Crippen molar-refractivity contribution >= 4 is 17.7 Å². The van der Waals surface area contributed by atoms with Gasteiger partial charge >= 0.3 is 0 Å². The number of benzene rings is 1. The molecular formula is C21H25N5O2S. The van der Waals surface area contributed by atoms with Crippen LogP contribution in [0.2, 0.25) is 0 Å². The number of nitrogens with zero attached hydrogens (tertiary/aromatic N) is 4. The molecule has 7 nitrogen and oxygen atoms in total. The molecule has 0 atom stereocenters. The number of amides is 1. The molecule has 1 N–H and O–H groups in total. The maximum atomic E-state index is 12.1. The summed E-state index contributed by atoms with van der Waals surface area (Å²) in [6, 6.07) is 11.5. The van der Waals surface area contributed by atoms with E-state index in [-0.39, 0.29) is 11.7 Å². The van der Waals surface area contributed by atoms with Gasteiger partial charge in [0.15, 0.2) is 11.0 Å². The Kier molecular flexibility index (Phi) is 7.24. The Labute approximate surface area is 174 Å². The number of carbonyl (C=O) groups excluding carboxylic acids is 1. The average Bonchev–Trinajstić information content (AvgIpc) is 3.16. The molecule has 0 fully saturated rings. The van der Waals surface area contributed by atoms with Crippen molar-refractivity contribution in [3.63, 3.8) is 0 Å². The van der Waals surface area contributed by atoms with Crippen molar-refractivity contribution in [1.82, 2.24) is 25.1 Å². The maximum absolute atomic E-state index is 12.1. The van der Waals surface area contributed by atoms with Crippen LogP contribution in [-0.4, -0.2) is 44.6 Å². The number of thioether (sulfide) groups is 1. The molecule has 0 saturated carbocycles. The third-order valence-corrected chi connectivity index (χ3v) is 4.95.